The lowest BCUT2D eigenvalue weighted by atomic mass is 10.3. The Hall–Kier alpha value is -2.42. The molecule has 0 aromatic carbocycles. The van der Waals surface area contributed by atoms with Gasteiger partial charge < -0.3 is 19.9 Å². The zero-order chi connectivity index (χ0) is 15.1. The maximum absolute atomic E-state index is 11.5. The van der Waals surface area contributed by atoms with E-state index in [1.165, 1.54) is 0 Å². The van der Waals surface area contributed by atoms with Crippen LogP contribution in [-0.2, 0) is 18.3 Å². The fraction of sp³-hybridized carbons (Fsp3) is 0.500. The molecule has 0 aliphatic carbocycles. The van der Waals surface area contributed by atoms with Crippen LogP contribution in [0.1, 0.15) is 12.3 Å². The molecule has 0 saturated carbocycles. The van der Waals surface area contributed by atoms with Crippen LogP contribution in [0.5, 0.6) is 0 Å². The van der Waals surface area contributed by atoms with Crippen LogP contribution >= 0.6 is 0 Å². The number of aryl methyl sites for hydroxylation is 1. The number of urea groups is 1. The smallest absolute Gasteiger partial charge is 0.315 e. The summed E-state index contributed by atoms with van der Waals surface area (Å²) in [7, 11) is 3.43. The summed E-state index contributed by atoms with van der Waals surface area (Å²) < 4.78 is 11.6. The highest BCUT2D eigenvalue weighted by molar-refractivity contribution is 5.73. The van der Waals surface area contributed by atoms with Crippen LogP contribution in [0.25, 0.3) is 11.4 Å². The normalized spacial score (nSPS) is 10.6. The van der Waals surface area contributed by atoms with Gasteiger partial charge in [0.1, 0.15) is 0 Å². The van der Waals surface area contributed by atoms with Crippen LogP contribution in [-0.4, -0.2) is 46.2 Å². The van der Waals surface area contributed by atoms with E-state index in [-0.39, 0.29) is 12.6 Å². The lowest BCUT2D eigenvalue weighted by Crippen LogP contribution is -2.35. The molecule has 0 spiro atoms. The number of carbonyl (C=O) groups is 1. The number of aromatic nitrogens is 4. The number of ether oxygens (including phenoxy) is 1. The van der Waals surface area contributed by atoms with Crippen molar-refractivity contribution in [2.24, 2.45) is 7.05 Å². The van der Waals surface area contributed by atoms with Crippen molar-refractivity contribution in [2.75, 3.05) is 20.3 Å². The molecule has 0 unspecified atom stereocenters. The van der Waals surface area contributed by atoms with Gasteiger partial charge in [-0.2, -0.15) is 10.1 Å². The van der Waals surface area contributed by atoms with E-state index >= 15 is 0 Å². The summed E-state index contributed by atoms with van der Waals surface area (Å²) >= 11 is 0. The summed E-state index contributed by atoms with van der Waals surface area (Å²) in [6.07, 6.45) is 4.19. The van der Waals surface area contributed by atoms with Crippen LogP contribution < -0.4 is 10.6 Å². The zero-order valence-corrected chi connectivity index (χ0v) is 12.0. The predicted octanol–water partition coefficient (Wildman–Crippen LogP) is 0.306. The first-order chi connectivity index (χ1) is 10.2. The second-order valence-electron chi connectivity index (χ2n) is 4.37. The Morgan fingerprint density at radius 1 is 1.48 bits per heavy atom. The summed E-state index contributed by atoms with van der Waals surface area (Å²) in [4.78, 5) is 15.7. The van der Waals surface area contributed by atoms with Gasteiger partial charge in [0, 0.05) is 33.5 Å². The molecule has 114 valence electrons. The Kier molecular flexibility index (Phi) is 5.27. The van der Waals surface area contributed by atoms with E-state index in [1.807, 2.05) is 0 Å². The van der Waals surface area contributed by atoms with E-state index in [0.29, 0.717) is 24.9 Å². The number of methoxy groups -OCH3 is 1. The lowest BCUT2D eigenvalue weighted by molar-refractivity contribution is 0.193. The number of nitrogens with zero attached hydrogens (tertiary/aromatic N) is 4. The molecule has 2 aromatic rings. The van der Waals surface area contributed by atoms with Gasteiger partial charge in [-0.05, 0) is 6.42 Å². The monoisotopic (exact) mass is 294 g/mol. The number of amides is 2. The molecule has 0 fully saturated rings. The minimum atomic E-state index is -0.285. The van der Waals surface area contributed by atoms with Crippen molar-refractivity contribution in [1.29, 1.82) is 0 Å². The Morgan fingerprint density at radius 3 is 3.05 bits per heavy atom. The summed E-state index contributed by atoms with van der Waals surface area (Å²) in [5.41, 5.74) is 0.761. The van der Waals surface area contributed by atoms with E-state index < -0.39 is 0 Å². The van der Waals surface area contributed by atoms with Crippen molar-refractivity contribution in [3.05, 3.63) is 18.3 Å². The molecule has 0 aliphatic rings. The Balaban J connectivity index is 1.76. The molecule has 0 aliphatic heterocycles. The van der Waals surface area contributed by atoms with Crippen LogP contribution in [0.15, 0.2) is 16.9 Å². The second kappa shape index (κ2) is 7.39. The molecule has 0 saturated heterocycles. The van der Waals surface area contributed by atoms with E-state index in [0.717, 1.165) is 12.0 Å². The lowest BCUT2D eigenvalue weighted by Gasteiger charge is -2.04. The van der Waals surface area contributed by atoms with Gasteiger partial charge in [0.2, 0.25) is 11.7 Å². The summed E-state index contributed by atoms with van der Waals surface area (Å²) in [5.74, 6) is 0.779. The van der Waals surface area contributed by atoms with Crippen molar-refractivity contribution in [3.8, 4) is 11.4 Å². The van der Waals surface area contributed by atoms with E-state index in [2.05, 4.69) is 25.9 Å². The molecule has 21 heavy (non-hydrogen) atoms. The average Bonchev–Trinajstić information content (AvgIpc) is 3.10. The minimum Gasteiger partial charge on any atom is -0.385 e. The maximum Gasteiger partial charge on any atom is 0.315 e. The molecular formula is C12H18N6O3. The summed E-state index contributed by atoms with van der Waals surface area (Å²) in [5, 5.41) is 13.2. The molecule has 9 heteroatoms. The van der Waals surface area contributed by atoms with Crippen molar-refractivity contribution in [2.45, 2.75) is 13.0 Å². The van der Waals surface area contributed by atoms with Crippen molar-refractivity contribution in [3.63, 3.8) is 0 Å². The molecule has 0 bridgehead atoms. The first-order valence-corrected chi connectivity index (χ1v) is 6.51. The van der Waals surface area contributed by atoms with Gasteiger partial charge in [0.05, 0.1) is 18.3 Å². The molecule has 0 atom stereocenters. The Bertz CT molecular complexity index is 579. The average molecular weight is 294 g/mol. The SMILES string of the molecule is COCCCNC(=O)NCc1nc(-c2cnn(C)c2)no1. The fourth-order valence-electron chi connectivity index (χ4n) is 1.62. The Labute approximate surface area is 121 Å². The molecule has 2 amide bonds. The largest absolute Gasteiger partial charge is 0.385 e. The zero-order valence-electron chi connectivity index (χ0n) is 12.0. The van der Waals surface area contributed by atoms with Crippen LogP contribution in [0.4, 0.5) is 4.79 Å². The first kappa shape index (κ1) is 15.0. The van der Waals surface area contributed by atoms with Gasteiger partial charge in [-0.15, -0.1) is 0 Å². The van der Waals surface area contributed by atoms with Crippen molar-refractivity contribution >= 4 is 6.03 Å². The quantitative estimate of drug-likeness (QED) is 0.711. The highest BCUT2D eigenvalue weighted by atomic mass is 16.5. The van der Waals surface area contributed by atoms with Crippen molar-refractivity contribution in [1.82, 2.24) is 30.6 Å². The van der Waals surface area contributed by atoms with Gasteiger partial charge in [-0.25, -0.2) is 4.79 Å². The number of hydrogen-bond donors (Lipinski definition) is 2. The van der Waals surface area contributed by atoms with Gasteiger partial charge >= 0.3 is 6.03 Å². The molecule has 2 heterocycles. The molecule has 2 aromatic heterocycles. The molecule has 0 radical (unpaired) electrons. The third kappa shape index (κ3) is 4.56. The van der Waals surface area contributed by atoms with Gasteiger partial charge in [0.25, 0.3) is 0 Å². The Morgan fingerprint density at radius 2 is 2.33 bits per heavy atom. The topological polar surface area (TPSA) is 107 Å². The fourth-order valence-corrected chi connectivity index (χ4v) is 1.62. The summed E-state index contributed by atoms with van der Waals surface area (Å²) in [6, 6.07) is -0.285. The number of rotatable bonds is 7. The van der Waals surface area contributed by atoms with Crippen LogP contribution in [0, 0.1) is 0 Å². The third-order valence-electron chi connectivity index (χ3n) is 2.64. The second-order valence-corrected chi connectivity index (χ2v) is 4.37. The maximum atomic E-state index is 11.5. The molecule has 9 nitrogen and oxygen atoms in total. The standard InChI is InChI=1S/C12H18N6O3/c1-18-8-9(6-15-18)11-16-10(21-17-11)7-14-12(19)13-4-3-5-20-2/h6,8H,3-5,7H2,1-2H3,(H2,13,14,19). The minimum absolute atomic E-state index is 0.170. The summed E-state index contributed by atoms with van der Waals surface area (Å²) in [6.45, 7) is 1.33. The van der Waals surface area contributed by atoms with E-state index in [9.17, 15) is 4.79 Å². The van der Waals surface area contributed by atoms with E-state index in [4.69, 9.17) is 9.26 Å². The highest BCUT2D eigenvalue weighted by Gasteiger charge is 2.10. The molecular weight excluding hydrogens is 276 g/mol. The van der Waals surface area contributed by atoms with E-state index in [1.54, 1.807) is 31.2 Å². The van der Waals surface area contributed by atoms with Crippen LogP contribution in [0.2, 0.25) is 0 Å². The number of carbonyl (C=O) groups excluding carboxylic acids is 1. The van der Waals surface area contributed by atoms with Gasteiger partial charge in [-0.3, -0.25) is 4.68 Å². The predicted molar refractivity (Wildman–Crippen MR) is 73.2 cm³/mol. The van der Waals surface area contributed by atoms with Crippen molar-refractivity contribution < 1.29 is 14.1 Å². The molecule has 2 N–H and O–H groups in total. The molecule has 2 rings (SSSR count). The first-order valence-electron chi connectivity index (χ1n) is 6.51. The third-order valence-corrected chi connectivity index (χ3v) is 2.64. The van der Waals surface area contributed by atoms with Crippen LogP contribution in [0.3, 0.4) is 0 Å². The number of nitrogens with one attached hydrogen (secondary N) is 2. The number of hydrogen-bond acceptors (Lipinski definition) is 6. The highest BCUT2D eigenvalue weighted by Crippen LogP contribution is 2.13. The van der Waals surface area contributed by atoms with Gasteiger partial charge in [0.15, 0.2) is 0 Å². The van der Waals surface area contributed by atoms with Gasteiger partial charge in [-0.1, -0.05) is 5.16 Å².